The number of hydrazone groups is 1. The van der Waals surface area contributed by atoms with Crippen molar-refractivity contribution in [2.75, 3.05) is 13.7 Å². The molecule has 2 N–H and O–H groups in total. The van der Waals surface area contributed by atoms with Crippen LogP contribution in [-0.2, 0) is 11.0 Å². The number of hydrogen-bond donors (Lipinski definition) is 2. The SMILES string of the molecule is COc1ccc(C(=O)NCC(=O)N/N=C/c2ccccc2C(F)(F)F)cc1. The van der Waals surface area contributed by atoms with Gasteiger partial charge in [0.25, 0.3) is 11.8 Å². The normalized spacial score (nSPS) is 11.3. The van der Waals surface area contributed by atoms with Gasteiger partial charge < -0.3 is 10.1 Å². The van der Waals surface area contributed by atoms with E-state index in [1.807, 2.05) is 0 Å². The quantitative estimate of drug-likeness (QED) is 0.598. The van der Waals surface area contributed by atoms with Gasteiger partial charge in [0.1, 0.15) is 5.75 Å². The van der Waals surface area contributed by atoms with Crippen molar-refractivity contribution in [2.45, 2.75) is 6.18 Å². The summed E-state index contributed by atoms with van der Waals surface area (Å²) < 4.78 is 43.5. The minimum absolute atomic E-state index is 0.187. The van der Waals surface area contributed by atoms with E-state index in [2.05, 4.69) is 15.8 Å². The average Bonchev–Trinajstić information content (AvgIpc) is 2.65. The lowest BCUT2D eigenvalue weighted by atomic mass is 10.1. The molecule has 2 aromatic rings. The number of halogens is 3. The molecule has 0 unspecified atom stereocenters. The Kier molecular flexibility index (Phi) is 6.53. The summed E-state index contributed by atoms with van der Waals surface area (Å²) >= 11 is 0. The van der Waals surface area contributed by atoms with Crippen LogP contribution in [-0.4, -0.2) is 31.7 Å². The van der Waals surface area contributed by atoms with Crippen molar-refractivity contribution in [3.05, 3.63) is 65.2 Å². The molecule has 0 aliphatic heterocycles. The molecule has 2 amide bonds. The van der Waals surface area contributed by atoms with Crippen molar-refractivity contribution in [1.29, 1.82) is 0 Å². The molecule has 0 saturated heterocycles. The fraction of sp³-hybridized carbons (Fsp3) is 0.167. The van der Waals surface area contributed by atoms with Gasteiger partial charge in [-0.25, -0.2) is 5.43 Å². The lowest BCUT2D eigenvalue weighted by Crippen LogP contribution is -2.34. The fourth-order valence-corrected chi connectivity index (χ4v) is 2.09. The highest BCUT2D eigenvalue weighted by molar-refractivity contribution is 5.96. The Balaban J connectivity index is 1.87. The first kappa shape index (κ1) is 20.0. The molecule has 2 rings (SSSR count). The van der Waals surface area contributed by atoms with Crippen molar-refractivity contribution < 1.29 is 27.5 Å². The predicted octanol–water partition coefficient (Wildman–Crippen LogP) is 2.59. The Morgan fingerprint density at radius 1 is 1.11 bits per heavy atom. The number of nitrogens with one attached hydrogen (secondary N) is 2. The van der Waals surface area contributed by atoms with Crippen molar-refractivity contribution in [3.63, 3.8) is 0 Å². The topological polar surface area (TPSA) is 79.8 Å². The number of alkyl halides is 3. The van der Waals surface area contributed by atoms with Crippen LogP contribution in [0.3, 0.4) is 0 Å². The second-order valence-corrected chi connectivity index (χ2v) is 5.29. The van der Waals surface area contributed by atoms with Crippen LogP contribution >= 0.6 is 0 Å². The summed E-state index contributed by atoms with van der Waals surface area (Å²) in [6, 6.07) is 11.1. The zero-order valence-corrected chi connectivity index (χ0v) is 14.2. The molecule has 0 atom stereocenters. The maximum Gasteiger partial charge on any atom is 0.417 e. The summed E-state index contributed by atoms with van der Waals surface area (Å²) in [4.78, 5) is 23.6. The van der Waals surface area contributed by atoms with Gasteiger partial charge >= 0.3 is 6.18 Å². The lowest BCUT2D eigenvalue weighted by Gasteiger charge is -2.09. The molecule has 0 saturated carbocycles. The van der Waals surface area contributed by atoms with Gasteiger partial charge in [0.15, 0.2) is 0 Å². The Morgan fingerprint density at radius 3 is 2.41 bits per heavy atom. The maximum atomic E-state index is 12.8. The van der Waals surface area contributed by atoms with Gasteiger partial charge in [-0.3, -0.25) is 9.59 Å². The summed E-state index contributed by atoms with van der Waals surface area (Å²) in [6.07, 6.45) is -3.63. The van der Waals surface area contributed by atoms with E-state index in [0.717, 1.165) is 12.3 Å². The van der Waals surface area contributed by atoms with Crippen molar-refractivity contribution in [1.82, 2.24) is 10.7 Å². The van der Waals surface area contributed by atoms with E-state index in [1.54, 1.807) is 12.1 Å². The van der Waals surface area contributed by atoms with Gasteiger partial charge in [-0.15, -0.1) is 0 Å². The molecule has 0 radical (unpaired) electrons. The molecule has 0 spiro atoms. The van der Waals surface area contributed by atoms with Gasteiger partial charge in [0.05, 0.1) is 25.4 Å². The van der Waals surface area contributed by atoms with Crippen LogP contribution in [0.4, 0.5) is 13.2 Å². The van der Waals surface area contributed by atoms with Gasteiger partial charge in [-0.2, -0.15) is 18.3 Å². The molecule has 9 heteroatoms. The summed E-state index contributed by atoms with van der Waals surface area (Å²) in [7, 11) is 1.49. The Bertz CT molecular complexity index is 834. The van der Waals surface area contributed by atoms with Crippen LogP contribution in [0.15, 0.2) is 53.6 Å². The van der Waals surface area contributed by atoms with Crippen molar-refractivity contribution in [2.24, 2.45) is 5.10 Å². The predicted molar refractivity (Wildman–Crippen MR) is 92.5 cm³/mol. The van der Waals surface area contributed by atoms with Crippen LogP contribution in [0.5, 0.6) is 5.75 Å². The third-order valence-electron chi connectivity index (χ3n) is 3.42. The Labute approximate surface area is 153 Å². The number of carbonyl (C=O) groups is 2. The summed E-state index contributed by atoms with van der Waals surface area (Å²) in [6.45, 7) is -0.386. The molecule has 142 valence electrons. The fourth-order valence-electron chi connectivity index (χ4n) is 2.09. The summed E-state index contributed by atoms with van der Waals surface area (Å²) in [5.74, 6) is -0.588. The van der Waals surface area contributed by atoms with Crippen LogP contribution in [0.25, 0.3) is 0 Å². The van der Waals surface area contributed by atoms with E-state index >= 15 is 0 Å². The van der Waals surface area contributed by atoms with Gasteiger partial charge in [0, 0.05) is 11.1 Å². The second kappa shape index (κ2) is 8.84. The largest absolute Gasteiger partial charge is 0.497 e. The molecule has 0 aromatic heterocycles. The van der Waals surface area contributed by atoms with E-state index in [4.69, 9.17) is 4.74 Å². The van der Waals surface area contributed by atoms with Gasteiger partial charge in [-0.05, 0) is 30.3 Å². The van der Waals surface area contributed by atoms with Crippen molar-refractivity contribution in [3.8, 4) is 5.75 Å². The summed E-state index contributed by atoms with van der Waals surface area (Å²) in [5.41, 5.74) is 1.34. The molecular weight excluding hydrogens is 363 g/mol. The Hall–Kier alpha value is -3.36. The summed E-state index contributed by atoms with van der Waals surface area (Å²) in [5, 5.41) is 5.87. The number of methoxy groups -OCH3 is 1. The average molecular weight is 379 g/mol. The first-order chi connectivity index (χ1) is 12.8. The third kappa shape index (κ3) is 5.84. The number of ether oxygens (including phenoxy) is 1. The zero-order chi connectivity index (χ0) is 19.9. The zero-order valence-electron chi connectivity index (χ0n) is 14.2. The van der Waals surface area contributed by atoms with Crippen LogP contribution in [0, 0.1) is 0 Å². The first-order valence-electron chi connectivity index (χ1n) is 7.71. The first-order valence-corrected chi connectivity index (χ1v) is 7.71. The van der Waals surface area contributed by atoms with E-state index in [1.165, 1.54) is 37.4 Å². The lowest BCUT2D eigenvalue weighted by molar-refractivity contribution is -0.137. The highest BCUT2D eigenvalue weighted by atomic mass is 19.4. The second-order valence-electron chi connectivity index (χ2n) is 5.29. The Morgan fingerprint density at radius 2 is 1.78 bits per heavy atom. The van der Waals surface area contributed by atoms with E-state index in [9.17, 15) is 22.8 Å². The maximum absolute atomic E-state index is 12.8. The van der Waals surface area contributed by atoms with Crippen LogP contribution in [0.2, 0.25) is 0 Å². The number of rotatable bonds is 6. The van der Waals surface area contributed by atoms with Gasteiger partial charge in [0.2, 0.25) is 0 Å². The number of carbonyl (C=O) groups excluding carboxylic acids is 2. The minimum atomic E-state index is -4.53. The number of nitrogens with zero attached hydrogens (tertiary/aromatic N) is 1. The highest BCUT2D eigenvalue weighted by Crippen LogP contribution is 2.30. The molecule has 6 nitrogen and oxygen atoms in total. The minimum Gasteiger partial charge on any atom is -0.497 e. The molecule has 0 heterocycles. The number of amides is 2. The smallest absolute Gasteiger partial charge is 0.417 e. The third-order valence-corrected chi connectivity index (χ3v) is 3.42. The van der Waals surface area contributed by atoms with E-state index in [0.29, 0.717) is 11.3 Å². The van der Waals surface area contributed by atoms with Gasteiger partial charge in [-0.1, -0.05) is 18.2 Å². The molecule has 0 aliphatic rings. The molecular formula is C18H16F3N3O3. The molecule has 0 bridgehead atoms. The van der Waals surface area contributed by atoms with Crippen LogP contribution < -0.4 is 15.5 Å². The number of hydrogen-bond acceptors (Lipinski definition) is 4. The molecule has 27 heavy (non-hydrogen) atoms. The van der Waals surface area contributed by atoms with E-state index in [-0.39, 0.29) is 12.1 Å². The monoisotopic (exact) mass is 379 g/mol. The standard InChI is InChI=1S/C18H16F3N3O3/c1-27-14-8-6-12(7-9-14)17(26)22-11-16(25)24-23-10-13-4-2-3-5-15(13)18(19,20)21/h2-10H,11H2,1H3,(H,22,26)(H,24,25)/b23-10+. The molecule has 0 aliphatic carbocycles. The van der Waals surface area contributed by atoms with Crippen LogP contribution in [0.1, 0.15) is 21.5 Å². The molecule has 2 aromatic carbocycles. The van der Waals surface area contributed by atoms with Crippen molar-refractivity contribution >= 4 is 18.0 Å². The van der Waals surface area contributed by atoms with E-state index < -0.39 is 23.6 Å². The molecule has 0 fully saturated rings. The number of benzene rings is 2. The highest BCUT2D eigenvalue weighted by Gasteiger charge is 2.32.